The molecule has 1 amide bonds. The van der Waals surface area contributed by atoms with Crippen LogP contribution in [0.25, 0.3) is 0 Å². The number of ether oxygens (including phenoxy) is 1. The first-order chi connectivity index (χ1) is 6.72. The smallest absolute Gasteiger partial charge is 0.290 e. The van der Waals surface area contributed by atoms with Gasteiger partial charge in [0, 0.05) is 26.1 Å². The molecule has 4 heteroatoms. The molecule has 0 radical (unpaired) electrons. The average Bonchev–Trinajstić information content (AvgIpc) is 2.75. The molecule has 1 saturated carbocycles. The third-order valence-corrected chi connectivity index (χ3v) is 3.21. The molecule has 2 fully saturated rings. The third-order valence-electron chi connectivity index (χ3n) is 3.21. The third kappa shape index (κ3) is 1.54. The van der Waals surface area contributed by atoms with Crippen molar-refractivity contribution in [2.24, 2.45) is 0 Å². The summed E-state index contributed by atoms with van der Waals surface area (Å²) in [6.45, 7) is 0.610. The maximum absolute atomic E-state index is 11.4. The topological polar surface area (TPSA) is 46.6 Å². The second-order valence-corrected chi connectivity index (χ2v) is 4.00. The number of hydrogen-bond acceptors (Lipinski definition) is 3. The van der Waals surface area contributed by atoms with E-state index in [1.807, 2.05) is 0 Å². The Morgan fingerprint density at radius 2 is 2.14 bits per heavy atom. The van der Waals surface area contributed by atoms with Crippen LogP contribution in [-0.2, 0) is 14.3 Å². The van der Waals surface area contributed by atoms with Crippen molar-refractivity contribution in [3.63, 3.8) is 0 Å². The van der Waals surface area contributed by atoms with Gasteiger partial charge < -0.3 is 9.64 Å². The minimum Gasteiger partial charge on any atom is -0.381 e. The zero-order valence-corrected chi connectivity index (χ0v) is 8.36. The zero-order valence-electron chi connectivity index (χ0n) is 8.36. The molecule has 2 unspecified atom stereocenters. The summed E-state index contributed by atoms with van der Waals surface area (Å²) in [6.07, 6.45) is 3.52. The Hall–Kier alpha value is -0.900. The summed E-state index contributed by atoms with van der Waals surface area (Å²) in [5.41, 5.74) is 0. The van der Waals surface area contributed by atoms with E-state index < -0.39 is 0 Å². The van der Waals surface area contributed by atoms with Crippen LogP contribution < -0.4 is 0 Å². The van der Waals surface area contributed by atoms with Crippen molar-refractivity contribution in [3.8, 4) is 0 Å². The van der Waals surface area contributed by atoms with Gasteiger partial charge in [0.15, 0.2) is 0 Å². The van der Waals surface area contributed by atoms with E-state index in [0.717, 1.165) is 19.3 Å². The van der Waals surface area contributed by atoms with Gasteiger partial charge in [-0.1, -0.05) is 0 Å². The Morgan fingerprint density at radius 1 is 1.36 bits per heavy atom. The molecule has 0 N–H and O–H groups in total. The van der Waals surface area contributed by atoms with Gasteiger partial charge in [-0.25, -0.2) is 0 Å². The second kappa shape index (κ2) is 3.69. The van der Waals surface area contributed by atoms with Crippen LogP contribution in [0, 0.1) is 0 Å². The highest BCUT2D eigenvalue weighted by Gasteiger charge is 2.38. The number of methoxy groups -OCH3 is 1. The molecule has 78 valence electrons. The van der Waals surface area contributed by atoms with Crippen LogP contribution in [0.5, 0.6) is 0 Å². The number of Topliss-reactive ketones (excluding diaryl/α,β-unsaturated/α-hetero) is 1. The second-order valence-electron chi connectivity index (χ2n) is 4.00. The van der Waals surface area contributed by atoms with Gasteiger partial charge >= 0.3 is 0 Å². The van der Waals surface area contributed by atoms with Crippen LogP contribution in [0.4, 0.5) is 0 Å². The van der Waals surface area contributed by atoms with E-state index in [-0.39, 0.29) is 23.8 Å². The van der Waals surface area contributed by atoms with E-state index in [2.05, 4.69) is 0 Å². The maximum atomic E-state index is 11.4. The van der Waals surface area contributed by atoms with E-state index >= 15 is 0 Å². The number of nitrogens with zero attached hydrogens (tertiary/aromatic N) is 1. The predicted molar refractivity (Wildman–Crippen MR) is 49.8 cm³/mol. The maximum Gasteiger partial charge on any atom is 0.290 e. The molecule has 1 heterocycles. The van der Waals surface area contributed by atoms with Gasteiger partial charge in [-0.05, 0) is 19.3 Å². The van der Waals surface area contributed by atoms with Gasteiger partial charge in [-0.15, -0.1) is 0 Å². The monoisotopic (exact) mass is 197 g/mol. The first kappa shape index (κ1) is 9.65. The Labute approximate surface area is 83.2 Å². The summed E-state index contributed by atoms with van der Waals surface area (Å²) in [7, 11) is 1.70. The first-order valence-electron chi connectivity index (χ1n) is 5.09. The fourth-order valence-corrected chi connectivity index (χ4v) is 2.35. The molecule has 2 aliphatic rings. The van der Waals surface area contributed by atoms with Gasteiger partial charge in [-0.3, -0.25) is 9.59 Å². The highest BCUT2D eigenvalue weighted by atomic mass is 16.5. The summed E-state index contributed by atoms with van der Waals surface area (Å²) < 4.78 is 5.24. The van der Waals surface area contributed by atoms with E-state index in [4.69, 9.17) is 4.74 Å². The van der Waals surface area contributed by atoms with E-state index in [9.17, 15) is 9.59 Å². The molecule has 1 aliphatic carbocycles. The summed E-state index contributed by atoms with van der Waals surface area (Å²) in [5.74, 6) is -0.516. The number of ketones is 1. The zero-order chi connectivity index (χ0) is 10.1. The number of rotatable bonds is 2. The molecular weight excluding hydrogens is 182 g/mol. The Balaban J connectivity index is 1.97. The summed E-state index contributed by atoms with van der Waals surface area (Å²) >= 11 is 0. The number of carbonyl (C=O) groups excluding carboxylic acids is 2. The van der Waals surface area contributed by atoms with Crippen molar-refractivity contribution >= 4 is 11.7 Å². The van der Waals surface area contributed by atoms with Crippen molar-refractivity contribution in [2.45, 2.75) is 37.8 Å². The van der Waals surface area contributed by atoms with Crippen molar-refractivity contribution in [2.75, 3.05) is 13.7 Å². The lowest BCUT2D eigenvalue weighted by molar-refractivity contribution is -0.141. The molecular formula is C10H15NO3. The Bertz CT molecular complexity index is 264. The molecule has 2 rings (SSSR count). The number of carbonyl (C=O) groups is 2. The van der Waals surface area contributed by atoms with E-state index in [1.54, 1.807) is 12.0 Å². The number of amides is 1. The SMILES string of the molecule is COC1CCC(N2CCC(=O)C2=O)C1. The summed E-state index contributed by atoms with van der Waals surface area (Å²) in [4.78, 5) is 24.2. The van der Waals surface area contributed by atoms with Gasteiger partial charge in [0.25, 0.3) is 5.91 Å². The average molecular weight is 197 g/mol. The van der Waals surface area contributed by atoms with Crippen LogP contribution in [0.3, 0.4) is 0 Å². The molecule has 0 spiro atoms. The van der Waals surface area contributed by atoms with Crippen molar-refractivity contribution in [1.82, 2.24) is 4.90 Å². The van der Waals surface area contributed by atoms with Crippen molar-refractivity contribution in [1.29, 1.82) is 0 Å². The lowest BCUT2D eigenvalue weighted by Gasteiger charge is -2.22. The minimum atomic E-state index is -0.285. The molecule has 0 aromatic carbocycles. The van der Waals surface area contributed by atoms with E-state index in [0.29, 0.717) is 13.0 Å². The van der Waals surface area contributed by atoms with Crippen LogP contribution in [0.1, 0.15) is 25.7 Å². The largest absolute Gasteiger partial charge is 0.381 e. The lowest BCUT2D eigenvalue weighted by Crippen LogP contribution is -2.36. The Morgan fingerprint density at radius 3 is 2.64 bits per heavy atom. The van der Waals surface area contributed by atoms with Gasteiger partial charge in [-0.2, -0.15) is 0 Å². The Kier molecular flexibility index (Phi) is 2.54. The molecule has 0 aromatic rings. The van der Waals surface area contributed by atoms with Crippen LogP contribution in [0.2, 0.25) is 0 Å². The quantitative estimate of drug-likeness (QED) is 0.600. The molecule has 0 aromatic heterocycles. The number of likely N-dealkylation sites (tertiary alicyclic amines) is 1. The molecule has 4 nitrogen and oxygen atoms in total. The normalized spacial score (nSPS) is 33.1. The highest BCUT2D eigenvalue weighted by molar-refractivity contribution is 6.37. The van der Waals surface area contributed by atoms with Crippen molar-refractivity contribution < 1.29 is 14.3 Å². The fourth-order valence-electron chi connectivity index (χ4n) is 2.35. The molecule has 14 heavy (non-hydrogen) atoms. The van der Waals surface area contributed by atoms with Crippen LogP contribution >= 0.6 is 0 Å². The number of hydrogen-bond donors (Lipinski definition) is 0. The van der Waals surface area contributed by atoms with Crippen LogP contribution in [0.15, 0.2) is 0 Å². The standard InChI is InChI=1S/C10H15NO3/c1-14-8-3-2-7(6-8)11-5-4-9(12)10(11)13/h7-8H,2-6H2,1H3. The van der Waals surface area contributed by atoms with E-state index in [1.165, 1.54) is 0 Å². The molecule has 0 bridgehead atoms. The van der Waals surface area contributed by atoms with Gasteiger partial charge in [0.1, 0.15) is 0 Å². The minimum absolute atomic E-state index is 0.231. The highest BCUT2D eigenvalue weighted by Crippen LogP contribution is 2.28. The van der Waals surface area contributed by atoms with Crippen LogP contribution in [-0.4, -0.2) is 42.4 Å². The van der Waals surface area contributed by atoms with Crippen molar-refractivity contribution in [3.05, 3.63) is 0 Å². The molecule has 2 atom stereocenters. The first-order valence-corrected chi connectivity index (χ1v) is 5.09. The lowest BCUT2D eigenvalue weighted by atomic mass is 10.2. The van der Waals surface area contributed by atoms with Gasteiger partial charge in [0.2, 0.25) is 5.78 Å². The molecule has 1 saturated heterocycles. The predicted octanol–water partition coefficient (Wildman–Crippen LogP) is 0.355. The van der Waals surface area contributed by atoms with Gasteiger partial charge in [0.05, 0.1) is 6.10 Å². The summed E-state index contributed by atoms with van der Waals surface area (Å²) in [6, 6.07) is 0.235. The summed E-state index contributed by atoms with van der Waals surface area (Å²) in [5, 5.41) is 0. The molecule has 1 aliphatic heterocycles. The fraction of sp³-hybridized carbons (Fsp3) is 0.800.